The van der Waals surface area contributed by atoms with Gasteiger partial charge in [0.25, 0.3) is 5.92 Å². The third-order valence-electron chi connectivity index (χ3n) is 2.90. The highest BCUT2D eigenvalue weighted by atomic mass is 19.3. The van der Waals surface area contributed by atoms with Crippen LogP contribution in [-0.4, -0.2) is 46.0 Å². The van der Waals surface area contributed by atoms with Crippen LogP contribution in [0.4, 0.5) is 8.78 Å². The van der Waals surface area contributed by atoms with Crippen molar-refractivity contribution in [2.24, 2.45) is 0 Å². The first-order valence-electron chi connectivity index (χ1n) is 5.62. The summed E-state index contributed by atoms with van der Waals surface area (Å²) in [6, 6.07) is 2.72. The summed E-state index contributed by atoms with van der Waals surface area (Å²) in [6.45, 7) is -1.08. The molecule has 1 aromatic heterocycles. The average molecular weight is 256 g/mol. The van der Waals surface area contributed by atoms with Crippen LogP contribution in [-0.2, 0) is 4.79 Å². The van der Waals surface area contributed by atoms with Crippen LogP contribution < -0.4 is 0 Å². The van der Waals surface area contributed by atoms with Crippen LogP contribution in [0.25, 0.3) is 6.08 Å². The number of amides is 1. The minimum absolute atomic E-state index is 0.447. The summed E-state index contributed by atoms with van der Waals surface area (Å²) in [5, 5.41) is 9.01. The van der Waals surface area contributed by atoms with Gasteiger partial charge in [-0.05, 0) is 18.2 Å². The zero-order chi connectivity index (χ0) is 13.2. The minimum atomic E-state index is -2.91. The smallest absolute Gasteiger partial charge is 0.267 e. The monoisotopic (exact) mass is 256 g/mol. The van der Waals surface area contributed by atoms with E-state index in [0.29, 0.717) is 0 Å². The maximum Gasteiger partial charge on any atom is 0.267 e. The molecule has 0 saturated carbocycles. The summed E-state index contributed by atoms with van der Waals surface area (Å²) >= 11 is 0. The lowest BCUT2D eigenvalue weighted by molar-refractivity contribution is -0.128. The second kappa shape index (κ2) is 4.89. The molecule has 1 aliphatic heterocycles. The quantitative estimate of drug-likeness (QED) is 0.800. The van der Waals surface area contributed by atoms with Gasteiger partial charge in [0.1, 0.15) is 0 Å². The molecule has 98 valence electrons. The lowest BCUT2D eigenvalue weighted by Gasteiger charge is -2.20. The largest absolute Gasteiger partial charge is 0.394 e. The Morgan fingerprint density at radius 2 is 2.44 bits per heavy atom. The molecule has 1 aromatic rings. The fraction of sp³-hybridized carbons (Fsp3) is 0.417. The summed E-state index contributed by atoms with van der Waals surface area (Å²) in [4.78, 5) is 15.7. The number of hydrogen-bond donors (Lipinski definition) is 2. The average Bonchev–Trinajstić information content (AvgIpc) is 2.92. The summed E-state index contributed by atoms with van der Waals surface area (Å²) in [6.07, 6.45) is 3.97. The topological polar surface area (TPSA) is 56.3 Å². The van der Waals surface area contributed by atoms with Crippen LogP contribution in [0.5, 0.6) is 0 Å². The number of nitrogens with one attached hydrogen (secondary N) is 1. The molecule has 1 unspecified atom stereocenters. The van der Waals surface area contributed by atoms with Crippen LogP contribution in [0, 0.1) is 0 Å². The van der Waals surface area contributed by atoms with Gasteiger partial charge in [-0.3, -0.25) is 4.79 Å². The number of hydrogen-bond acceptors (Lipinski definition) is 2. The number of aliphatic hydroxyl groups excluding tert-OH is 1. The molecule has 2 N–H and O–H groups in total. The number of nitrogens with zero attached hydrogens (tertiary/aromatic N) is 1. The van der Waals surface area contributed by atoms with Crippen molar-refractivity contribution in [3.8, 4) is 0 Å². The van der Waals surface area contributed by atoms with Crippen molar-refractivity contribution in [3.05, 3.63) is 30.1 Å². The second-order valence-corrected chi connectivity index (χ2v) is 4.32. The SMILES string of the molecule is O=C(/C=C/c1ccc[nH]1)N1CC(F)(F)CC1CO. The lowest BCUT2D eigenvalue weighted by atomic mass is 10.2. The standard InChI is InChI=1S/C12H14F2N2O2/c13-12(14)6-10(7-17)16(8-12)11(18)4-3-9-2-1-5-15-9/h1-5,10,15,17H,6-8H2/b4-3+. The maximum atomic E-state index is 13.2. The van der Waals surface area contributed by atoms with Crippen molar-refractivity contribution in [2.45, 2.75) is 18.4 Å². The van der Waals surface area contributed by atoms with E-state index in [1.54, 1.807) is 18.3 Å². The Hall–Kier alpha value is -1.69. The number of aromatic amines is 1. The van der Waals surface area contributed by atoms with E-state index in [4.69, 9.17) is 5.11 Å². The first kappa shape index (κ1) is 12.8. The Morgan fingerprint density at radius 3 is 3.06 bits per heavy atom. The summed E-state index contributed by atoms with van der Waals surface area (Å²) in [5.41, 5.74) is 0.717. The third kappa shape index (κ3) is 2.76. The number of aromatic nitrogens is 1. The molecule has 2 rings (SSSR count). The molecule has 1 aliphatic rings. The van der Waals surface area contributed by atoms with Crippen molar-refractivity contribution >= 4 is 12.0 Å². The van der Waals surface area contributed by atoms with E-state index in [1.165, 1.54) is 12.2 Å². The minimum Gasteiger partial charge on any atom is -0.394 e. The molecule has 1 fully saturated rings. The first-order chi connectivity index (χ1) is 8.52. The molecule has 0 bridgehead atoms. The van der Waals surface area contributed by atoms with Crippen LogP contribution in [0.3, 0.4) is 0 Å². The van der Waals surface area contributed by atoms with E-state index in [2.05, 4.69) is 4.98 Å². The van der Waals surface area contributed by atoms with Crippen molar-refractivity contribution in [2.75, 3.05) is 13.2 Å². The molecule has 0 spiro atoms. The fourth-order valence-electron chi connectivity index (χ4n) is 2.02. The number of rotatable bonds is 3. The number of carbonyl (C=O) groups excluding carboxylic acids is 1. The highest BCUT2D eigenvalue weighted by molar-refractivity contribution is 5.92. The zero-order valence-corrected chi connectivity index (χ0v) is 9.64. The Labute approximate surface area is 103 Å². The number of H-pyrrole nitrogens is 1. The molecule has 6 heteroatoms. The molecule has 1 saturated heterocycles. The number of alkyl halides is 2. The van der Waals surface area contributed by atoms with E-state index in [0.717, 1.165) is 10.6 Å². The number of halogens is 2. The number of carbonyl (C=O) groups is 1. The maximum absolute atomic E-state index is 13.2. The van der Waals surface area contributed by atoms with Gasteiger partial charge in [-0.1, -0.05) is 0 Å². The van der Waals surface area contributed by atoms with Crippen molar-refractivity contribution < 1.29 is 18.7 Å². The van der Waals surface area contributed by atoms with Crippen LogP contribution in [0.15, 0.2) is 24.4 Å². The highest BCUT2D eigenvalue weighted by Gasteiger charge is 2.46. The molecule has 4 nitrogen and oxygen atoms in total. The van der Waals surface area contributed by atoms with E-state index < -0.39 is 37.4 Å². The van der Waals surface area contributed by atoms with Gasteiger partial charge < -0.3 is 15.0 Å². The summed E-state index contributed by atoms with van der Waals surface area (Å²) in [7, 11) is 0. The van der Waals surface area contributed by atoms with Gasteiger partial charge in [0, 0.05) is 24.4 Å². The van der Waals surface area contributed by atoms with Gasteiger partial charge in [0.2, 0.25) is 5.91 Å². The Morgan fingerprint density at radius 1 is 1.67 bits per heavy atom. The van der Waals surface area contributed by atoms with Gasteiger partial charge in [0.15, 0.2) is 0 Å². The van der Waals surface area contributed by atoms with E-state index in [1.807, 2.05) is 0 Å². The van der Waals surface area contributed by atoms with Crippen molar-refractivity contribution in [1.82, 2.24) is 9.88 Å². The van der Waals surface area contributed by atoms with Gasteiger partial charge in [0.05, 0.1) is 19.2 Å². The summed E-state index contributed by atoms with van der Waals surface area (Å²) < 4.78 is 26.3. The predicted molar refractivity (Wildman–Crippen MR) is 62.0 cm³/mol. The number of likely N-dealkylation sites (tertiary alicyclic amines) is 1. The third-order valence-corrected chi connectivity index (χ3v) is 2.90. The Bertz CT molecular complexity index is 443. The molecule has 2 heterocycles. The van der Waals surface area contributed by atoms with Gasteiger partial charge in [-0.25, -0.2) is 8.78 Å². The van der Waals surface area contributed by atoms with Gasteiger partial charge in [-0.2, -0.15) is 0 Å². The molecule has 0 aliphatic carbocycles. The van der Waals surface area contributed by atoms with Crippen LogP contribution >= 0.6 is 0 Å². The molecule has 0 radical (unpaired) electrons. The molecule has 1 atom stereocenters. The molecular weight excluding hydrogens is 242 g/mol. The second-order valence-electron chi connectivity index (χ2n) is 4.32. The Kier molecular flexibility index (Phi) is 3.47. The van der Waals surface area contributed by atoms with Crippen molar-refractivity contribution in [1.29, 1.82) is 0 Å². The highest BCUT2D eigenvalue weighted by Crippen LogP contribution is 2.31. The fourth-order valence-corrected chi connectivity index (χ4v) is 2.02. The van der Waals surface area contributed by atoms with Gasteiger partial charge in [-0.15, -0.1) is 0 Å². The molecule has 0 aromatic carbocycles. The zero-order valence-electron chi connectivity index (χ0n) is 9.64. The molecule has 18 heavy (non-hydrogen) atoms. The Balaban J connectivity index is 2.04. The van der Waals surface area contributed by atoms with Crippen molar-refractivity contribution in [3.63, 3.8) is 0 Å². The van der Waals surface area contributed by atoms with Crippen LogP contribution in [0.1, 0.15) is 12.1 Å². The number of aliphatic hydroxyl groups is 1. The normalized spacial score (nSPS) is 22.8. The summed E-state index contributed by atoms with van der Waals surface area (Å²) in [5.74, 6) is -3.43. The first-order valence-corrected chi connectivity index (χ1v) is 5.62. The lowest BCUT2D eigenvalue weighted by Crippen LogP contribution is -2.37. The molecule has 1 amide bonds. The van der Waals surface area contributed by atoms with E-state index in [-0.39, 0.29) is 0 Å². The van der Waals surface area contributed by atoms with Gasteiger partial charge >= 0.3 is 0 Å². The van der Waals surface area contributed by atoms with Crippen LogP contribution in [0.2, 0.25) is 0 Å². The predicted octanol–water partition coefficient (Wildman–Crippen LogP) is 1.26. The molecular formula is C12H14F2N2O2. The van der Waals surface area contributed by atoms with E-state index >= 15 is 0 Å². The van der Waals surface area contributed by atoms with E-state index in [9.17, 15) is 13.6 Å².